The van der Waals surface area contributed by atoms with Gasteiger partial charge in [0, 0.05) is 62.0 Å². The Morgan fingerprint density at radius 2 is 1.54 bits per heavy atom. The summed E-state index contributed by atoms with van der Waals surface area (Å²) in [5.41, 5.74) is 7.02. The lowest BCUT2D eigenvalue weighted by Crippen LogP contribution is -2.56. The van der Waals surface area contributed by atoms with Crippen molar-refractivity contribution in [2.24, 2.45) is 5.73 Å². The summed E-state index contributed by atoms with van der Waals surface area (Å²) in [5.74, 6) is 2.63. The number of benzene rings is 1. The molecule has 16 nitrogen and oxygen atoms in total. The van der Waals surface area contributed by atoms with Crippen LogP contribution in [0.1, 0.15) is 34.1 Å². The van der Waals surface area contributed by atoms with Gasteiger partial charge in [-0.25, -0.2) is 19.7 Å². The number of nitrogens with one attached hydrogen (secondary N) is 1. The second-order valence-corrected chi connectivity index (χ2v) is 13.3. The second kappa shape index (κ2) is 22.0. The van der Waals surface area contributed by atoms with Gasteiger partial charge in [-0.05, 0) is 45.4 Å². The third-order valence-corrected chi connectivity index (χ3v) is 8.17. The monoisotopic (exact) mass is 755 g/mol. The Balaban J connectivity index is 1.29. The number of amides is 1. The molecule has 0 unspecified atom stereocenters. The third-order valence-electron chi connectivity index (χ3n) is 8.17. The number of piperazine rings is 1. The lowest BCUT2D eigenvalue weighted by molar-refractivity contribution is -0.00394. The van der Waals surface area contributed by atoms with Crippen LogP contribution >= 0.6 is 0 Å². The van der Waals surface area contributed by atoms with Crippen molar-refractivity contribution in [3.63, 3.8) is 0 Å². The van der Waals surface area contributed by atoms with E-state index >= 15 is 0 Å². The highest BCUT2D eigenvalue weighted by Crippen LogP contribution is 2.40. The minimum atomic E-state index is -0.537. The van der Waals surface area contributed by atoms with Gasteiger partial charge < -0.3 is 58.7 Å². The van der Waals surface area contributed by atoms with Gasteiger partial charge in [-0.1, -0.05) is 6.92 Å². The van der Waals surface area contributed by atoms with Crippen LogP contribution in [-0.4, -0.2) is 137 Å². The summed E-state index contributed by atoms with van der Waals surface area (Å²) in [6.07, 6.45) is 4.03. The van der Waals surface area contributed by atoms with E-state index in [0.717, 1.165) is 17.8 Å². The van der Waals surface area contributed by atoms with E-state index in [2.05, 4.69) is 22.1 Å². The van der Waals surface area contributed by atoms with E-state index in [1.807, 2.05) is 43.9 Å². The van der Waals surface area contributed by atoms with E-state index < -0.39 is 5.60 Å². The van der Waals surface area contributed by atoms with Crippen LogP contribution in [0.15, 0.2) is 42.7 Å². The Labute approximate surface area is 318 Å². The molecule has 3 heterocycles. The number of nitrogens with two attached hydrogens (primary N) is 1. The highest BCUT2D eigenvalue weighted by atomic mass is 16.6. The predicted molar refractivity (Wildman–Crippen MR) is 205 cm³/mol. The van der Waals surface area contributed by atoms with E-state index in [4.69, 9.17) is 53.6 Å². The molecular weight excluding hydrogens is 698 g/mol. The van der Waals surface area contributed by atoms with E-state index in [1.165, 1.54) is 0 Å². The second-order valence-electron chi connectivity index (χ2n) is 13.3. The zero-order valence-corrected chi connectivity index (χ0v) is 32.5. The topological polar surface area (TPSA) is 174 Å². The quantitative estimate of drug-likeness (QED) is 0.137. The first-order valence-electron chi connectivity index (χ1n) is 18.4. The number of hydrogen-bond acceptors (Lipinski definition) is 15. The van der Waals surface area contributed by atoms with Crippen LogP contribution in [0.3, 0.4) is 0 Å². The molecule has 1 fully saturated rings. The minimum absolute atomic E-state index is 0.0293. The van der Waals surface area contributed by atoms with Crippen molar-refractivity contribution < 1.29 is 42.7 Å². The molecule has 1 aliphatic rings. The molecule has 3 aromatic rings. The number of carbonyl (C=O) groups excluding carboxylic acids is 1. The van der Waals surface area contributed by atoms with Gasteiger partial charge in [-0.3, -0.25) is 0 Å². The van der Waals surface area contributed by atoms with Gasteiger partial charge in [-0.15, -0.1) is 0 Å². The van der Waals surface area contributed by atoms with E-state index in [-0.39, 0.29) is 18.7 Å². The number of ether oxygens (including phenoxy) is 8. The number of anilines is 3. The average molecular weight is 756 g/mol. The van der Waals surface area contributed by atoms with Crippen molar-refractivity contribution in [1.82, 2.24) is 19.9 Å². The first kappa shape index (κ1) is 42.3. The Hall–Kier alpha value is -4.48. The van der Waals surface area contributed by atoms with Gasteiger partial charge >= 0.3 is 6.09 Å². The average Bonchev–Trinajstić information content (AvgIpc) is 3.17. The fourth-order valence-corrected chi connectivity index (χ4v) is 5.57. The molecule has 4 rings (SSSR count). The highest BCUT2D eigenvalue weighted by Gasteiger charge is 2.32. The molecule has 1 aromatic carbocycles. The van der Waals surface area contributed by atoms with E-state index in [1.54, 1.807) is 38.7 Å². The fraction of sp³-hybridized carbons (Fsp3) is 0.579. The lowest BCUT2D eigenvalue weighted by Gasteiger charge is -2.41. The molecule has 0 saturated carbocycles. The van der Waals surface area contributed by atoms with Crippen molar-refractivity contribution >= 4 is 23.5 Å². The molecule has 0 aliphatic carbocycles. The van der Waals surface area contributed by atoms with Gasteiger partial charge in [-0.2, -0.15) is 0 Å². The molecule has 1 amide bonds. The summed E-state index contributed by atoms with van der Waals surface area (Å²) in [7, 11) is 3.12. The first-order valence-corrected chi connectivity index (χ1v) is 18.4. The number of methoxy groups -OCH3 is 2. The fourth-order valence-electron chi connectivity index (χ4n) is 5.57. The van der Waals surface area contributed by atoms with Crippen molar-refractivity contribution in [1.29, 1.82) is 0 Å². The summed E-state index contributed by atoms with van der Waals surface area (Å²) in [5, 5.41) is 3.26. The number of hydrogen-bond donors (Lipinski definition) is 2. The Morgan fingerprint density at radius 1 is 0.870 bits per heavy atom. The molecular formula is C38H57N7O9. The largest absolute Gasteiger partial charge is 0.493 e. The van der Waals surface area contributed by atoms with Crippen LogP contribution in [0.25, 0.3) is 11.3 Å². The zero-order valence-electron chi connectivity index (χ0n) is 32.5. The highest BCUT2D eigenvalue weighted by molar-refractivity contribution is 5.70. The van der Waals surface area contributed by atoms with Gasteiger partial charge in [0.05, 0.1) is 78.8 Å². The van der Waals surface area contributed by atoms with Crippen LogP contribution in [0.2, 0.25) is 0 Å². The van der Waals surface area contributed by atoms with Crippen LogP contribution in [0.4, 0.5) is 22.2 Å². The van der Waals surface area contributed by atoms with Gasteiger partial charge in [0.25, 0.3) is 0 Å². The van der Waals surface area contributed by atoms with E-state index in [9.17, 15) is 4.79 Å². The molecule has 16 heteroatoms. The maximum Gasteiger partial charge on any atom is 0.410 e. The number of pyridine rings is 1. The molecule has 54 heavy (non-hydrogen) atoms. The maximum atomic E-state index is 12.8. The van der Waals surface area contributed by atoms with Gasteiger partial charge in [0.15, 0.2) is 11.5 Å². The minimum Gasteiger partial charge on any atom is -0.493 e. The summed E-state index contributed by atoms with van der Waals surface area (Å²) >= 11 is 0. The Kier molecular flexibility index (Phi) is 17.2. The molecule has 0 radical (unpaired) electrons. The van der Waals surface area contributed by atoms with E-state index in [0.29, 0.717) is 114 Å². The molecule has 2 aromatic heterocycles. The van der Waals surface area contributed by atoms with Crippen LogP contribution < -0.4 is 30.2 Å². The summed E-state index contributed by atoms with van der Waals surface area (Å²) in [6, 6.07) is 9.41. The molecule has 0 bridgehead atoms. The molecule has 298 valence electrons. The van der Waals surface area contributed by atoms with Crippen LogP contribution in [0.5, 0.6) is 17.2 Å². The Morgan fingerprint density at radius 3 is 2.13 bits per heavy atom. The van der Waals surface area contributed by atoms with Crippen molar-refractivity contribution in [2.75, 3.05) is 110 Å². The summed E-state index contributed by atoms with van der Waals surface area (Å²) < 4.78 is 44.7. The molecule has 1 atom stereocenters. The van der Waals surface area contributed by atoms with Crippen LogP contribution in [0, 0.1) is 0 Å². The molecule has 1 aliphatic heterocycles. The predicted octanol–water partition coefficient (Wildman–Crippen LogP) is 4.54. The Bertz CT molecular complexity index is 1560. The maximum absolute atomic E-state index is 12.8. The SMILES string of the molecule is CC[C@H]1CN(c2ccc(-c3ccnc(Nc4cc(OC)c(OC)c(OCCOCCOCCOCCOCCN)c4)n3)cn2)CCN1C(=O)OC(C)(C)C. The number of nitrogens with zero attached hydrogens (tertiary/aromatic N) is 5. The van der Waals surface area contributed by atoms with Gasteiger partial charge in [0.1, 0.15) is 18.0 Å². The van der Waals surface area contributed by atoms with Crippen molar-refractivity contribution in [3.8, 4) is 28.5 Å². The van der Waals surface area contributed by atoms with Crippen molar-refractivity contribution in [2.45, 2.75) is 45.8 Å². The summed E-state index contributed by atoms with van der Waals surface area (Å²) in [6.45, 7) is 14.1. The molecule has 0 spiro atoms. The zero-order chi connectivity index (χ0) is 38.8. The van der Waals surface area contributed by atoms with Crippen molar-refractivity contribution in [3.05, 3.63) is 42.7 Å². The normalized spacial score (nSPS) is 14.5. The summed E-state index contributed by atoms with van der Waals surface area (Å²) in [4.78, 5) is 30.8. The molecule has 3 N–H and O–H groups in total. The number of carbonyl (C=O) groups is 1. The third kappa shape index (κ3) is 13.4. The number of aromatic nitrogens is 3. The molecule has 1 saturated heterocycles. The van der Waals surface area contributed by atoms with Gasteiger partial charge in [0.2, 0.25) is 11.7 Å². The smallest absolute Gasteiger partial charge is 0.410 e. The standard InChI is InChI=1S/C38H57N7O9/c1-7-30-27-44(13-14-45(30)37(46)54-38(2,3)4)34-9-8-28(26-41-34)31-10-12-40-36(43-31)42-29-24-32(47-5)35(48-6)33(25-29)53-23-22-52-21-20-51-19-18-50-17-16-49-15-11-39/h8-10,12,24-26,30H,7,11,13-23,27,39H2,1-6H3,(H,40,42,43)/t30-/m0/s1. The number of rotatable bonds is 22. The first-order chi connectivity index (χ1) is 26.1. The lowest BCUT2D eigenvalue weighted by atomic mass is 10.1. The van der Waals surface area contributed by atoms with Crippen LogP contribution in [-0.2, 0) is 23.7 Å².